The predicted molar refractivity (Wildman–Crippen MR) is 44.6 cm³/mol. The highest BCUT2D eigenvalue weighted by Crippen LogP contribution is 1.99. The van der Waals surface area contributed by atoms with Gasteiger partial charge in [0.25, 0.3) is 0 Å². The maximum atomic E-state index is 10.5. The molecule has 64 valence electrons. The number of halogens is 1. The molecule has 0 saturated carbocycles. The molecule has 1 aromatic rings. The Balaban J connectivity index is 2.57. The van der Waals surface area contributed by atoms with Crippen molar-refractivity contribution >= 4 is 17.5 Å². The summed E-state index contributed by atoms with van der Waals surface area (Å²) < 4.78 is 0. The second-order valence-corrected chi connectivity index (χ2v) is 2.56. The summed E-state index contributed by atoms with van der Waals surface area (Å²) >= 11 is 5.53. The van der Waals surface area contributed by atoms with E-state index in [0.717, 1.165) is 0 Å². The number of nitrogens with zero attached hydrogens (tertiary/aromatic N) is 2. The van der Waals surface area contributed by atoms with E-state index in [0.29, 0.717) is 12.2 Å². The summed E-state index contributed by atoms with van der Waals surface area (Å²) in [5, 5.41) is 2.79. The van der Waals surface area contributed by atoms with Gasteiger partial charge in [-0.05, 0) is 17.7 Å². The lowest BCUT2D eigenvalue weighted by molar-refractivity contribution is -0.119. The molecule has 1 rings (SSSR count). The first kappa shape index (κ1) is 8.93. The van der Waals surface area contributed by atoms with Crippen LogP contribution >= 0.6 is 11.6 Å². The molecule has 1 heterocycles. The van der Waals surface area contributed by atoms with E-state index in [-0.39, 0.29) is 11.2 Å². The molecule has 0 aromatic carbocycles. The largest absolute Gasteiger partial charge is 0.351 e. The van der Waals surface area contributed by atoms with E-state index in [1.165, 1.54) is 6.92 Å². The van der Waals surface area contributed by atoms with E-state index in [4.69, 9.17) is 11.6 Å². The van der Waals surface area contributed by atoms with Crippen LogP contribution < -0.4 is 5.32 Å². The van der Waals surface area contributed by atoms with Gasteiger partial charge in [-0.15, -0.1) is 0 Å². The molecule has 1 aromatic heterocycles. The van der Waals surface area contributed by atoms with Crippen LogP contribution in [0.1, 0.15) is 12.6 Å². The van der Waals surface area contributed by atoms with Crippen LogP contribution in [0.25, 0.3) is 0 Å². The lowest BCUT2D eigenvalue weighted by atomic mass is 10.4. The number of aromatic nitrogens is 2. The first-order valence-corrected chi connectivity index (χ1v) is 3.78. The molecule has 12 heavy (non-hydrogen) atoms. The van der Waals surface area contributed by atoms with Crippen molar-refractivity contribution in [2.24, 2.45) is 0 Å². The number of amides is 1. The van der Waals surface area contributed by atoms with Crippen molar-refractivity contribution in [2.75, 3.05) is 0 Å². The topological polar surface area (TPSA) is 54.9 Å². The highest BCUT2D eigenvalue weighted by atomic mass is 35.5. The van der Waals surface area contributed by atoms with E-state index in [1.54, 1.807) is 12.3 Å². The van der Waals surface area contributed by atoms with Crippen LogP contribution in [0.5, 0.6) is 0 Å². The van der Waals surface area contributed by atoms with Crippen LogP contribution in [0.3, 0.4) is 0 Å². The van der Waals surface area contributed by atoms with E-state index >= 15 is 0 Å². The SMILES string of the molecule is CC(=O)NCc1ccnc(Cl)n1. The molecule has 1 amide bonds. The zero-order chi connectivity index (χ0) is 8.97. The molecule has 0 unspecified atom stereocenters. The van der Waals surface area contributed by atoms with Crippen LogP contribution in [0, 0.1) is 0 Å². The lowest BCUT2D eigenvalue weighted by Gasteiger charge is -2.00. The molecule has 0 saturated heterocycles. The Morgan fingerprint density at radius 2 is 2.50 bits per heavy atom. The maximum Gasteiger partial charge on any atom is 0.222 e. The molecular formula is C7H8ClN3O. The highest BCUT2D eigenvalue weighted by molar-refractivity contribution is 6.28. The molecule has 0 atom stereocenters. The molecule has 0 bridgehead atoms. The van der Waals surface area contributed by atoms with Crippen molar-refractivity contribution in [1.29, 1.82) is 0 Å². The van der Waals surface area contributed by atoms with Gasteiger partial charge in [-0.25, -0.2) is 9.97 Å². The van der Waals surface area contributed by atoms with Crippen molar-refractivity contribution in [1.82, 2.24) is 15.3 Å². The van der Waals surface area contributed by atoms with Gasteiger partial charge < -0.3 is 5.32 Å². The van der Waals surface area contributed by atoms with Gasteiger partial charge >= 0.3 is 0 Å². The Kier molecular flexibility index (Phi) is 2.99. The Morgan fingerprint density at radius 1 is 1.75 bits per heavy atom. The van der Waals surface area contributed by atoms with Crippen LogP contribution in [0.2, 0.25) is 5.28 Å². The van der Waals surface area contributed by atoms with Gasteiger partial charge in [0.1, 0.15) is 0 Å². The lowest BCUT2D eigenvalue weighted by Crippen LogP contribution is -2.19. The smallest absolute Gasteiger partial charge is 0.222 e. The summed E-state index contributed by atoms with van der Waals surface area (Å²) in [6, 6.07) is 1.70. The molecule has 0 fully saturated rings. The molecule has 1 N–H and O–H groups in total. The molecule has 4 nitrogen and oxygen atoms in total. The maximum absolute atomic E-state index is 10.5. The van der Waals surface area contributed by atoms with Gasteiger partial charge in [-0.2, -0.15) is 0 Å². The van der Waals surface area contributed by atoms with Gasteiger partial charge in [0.2, 0.25) is 11.2 Å². The molecule has 0 aliphatic carbocycles. The standard InChI is InChI=1S/C7H8ClN3O/c1-5(12)10-4-6-2-3-9-7(8)11-6/h2-3H,4H2,1H3,(H,10,12). The predicted octanol–water partition coefficient (Wildman–Crippen LogP) is 0.766. The van der Waals surface area contributed by atoms with E-state index in [2.05, 4.69) is 15.3 Å². The van der Waals surface area contributed by atoms with Crippen LogP contribution in [0.4, 0.5) is 0 Å². The minimum absolute atomic E-state index is 0.0928. The summed E-state index contributed by atoms with van der Waals surface area (Å²) in [5.41, 5.74) is 0.699. The van der Waals surface area contributed by atoms with Gasteiger partial charge in [0, 0.05) is 13.1 Å². The Labute approximate surface area is 75.0 Å². The average Bonchev–Trinajstić information content (AvgIpc) is 2.01. The van der Waals surface area contributed by atoms with Crippen molar-refractivity contribution < 1.29 is 4.79 Å². The first-order chi connectivity index (χ1) is 5.68. The van der Waals surface area contributed by atoms with Crippen molar-refractivity contribution in [2.45, 2.75) is 13.5 Å². The molecule has 0 spiro atoms. The van der Waals surface area contributed by atoms with Crippen molar-refractivity contribution in [3.8, 4) is 0 Å². The van der Waals surface area contributed by atoms with E-state index in [9.17, 15) is 4.79 Å². The van der Waals surface area contributed by atoms with Crippen molar-refractivity contribution in [3.05, 3.63) is 23.2 Å². The number of hydrogen-bond donors (Lipinski definition) is 1. The molecule has 0 radical (unpaired) electrons. The van der Waals surface area contributed by atoms with Gasteiger partial charge in [0.05, 0.1) is 12.2 Å². The molecule has 0 aliphatic heterocycles. The number of rotatable bonds is 2. The van der Waals surface area contributed by atoms with E-state index in [1.807, 2.05) is 0 Å². The minimum Gasteiger partial charge on any atom is -0.351 e. The first-order valence-electron chi connectivity index (χ1n) is 3.40. The molecule has 5 heteroatoms. The number of carbonyl (C=O) groups excluding carboxylic acids is 1. The number of carbonyl (C=O) groups is 1. The van der Waals surface area contributed by atoms with Gasteiger partial charge in [-0.3, -0.25) is 4.79 Å². The Bertz CT molecular complexity index is 290. The van der Waals surface area contributed by atoms with Crippen LogP contribution in [0.15, 0.2) is 12.3 Å². The number of nitrogens with one attached hydrogen (secondary N) is 1. The summed E-state index contributed by atoms with van der Waals surface area (Å²) in [5.74, 6) is -0.0928. The number of hydrogen-bond acceptors (Lipinski definition) is 3. The fourth-order valence-electron chi connectivity index (χ4n) is 0.683. The Morgan fingerprint density at radius 3 is 3.08 bits per heavy atom. The van der Waals surface area contributed by atoms with Gasteiger partial charge in [0.15, 0.2) is 0 Å². The van der Waals surface area contributed by atoms with E-state index < -0.39 is 0 Å². The molecule has 0 aliphatic rings. The third-order valence-electron chi connectivity index (χ3n) is 1.20. The fraction of sp³-hybridized carbons (Fsp3) is 0.286. The fourth-order valence-corrected chi connectivity index (χ4v) is 0.848. The summed E-state index contributed by atoms with van der Waals surface area (Å²) in [6.07, 6.45) is 1.55. The van der Waals surface area contributed by atoms with Gasteiger partial charge in [-0.1, -0.05) is 0 Å². The summed E-state index contributed by atoms with van der Waals surface area (Å²) in [6.45, 7) is 1.83. The summed E-state index contributed by atoms with van der Waals surface area (Å²) in [4.78, 5) is 18.1. The van der Waals surface area contributed by atoms with Crippen molar-refractivity contribution in [3.63, 3.8) is 0 Å². The zero-order valence-corrected chi connectivity index (χ0v) is 7.30. The van der Waals surface area contributed by atoms with Crippen LogP contribution in [-0.4, -0.2) is 15.9 Å². The second kappa shape index (κ2) is 4.01. The summed E-state index contributed by atoms with van der Waals surface area (Å²) in [7, 11) is 0. The Hall–Kier alpha value is -1.16. The average molecular weight is 186 g/mol. The second-order valence-electron chi connectivity index (χ2n) is 2.23. The third kappa shape index (κ3) is 2.84. The monoisotopic (exact) mass is 185 g/mol. The normalized spacial score (nSPS) is 9.50. The minimum atomic E-state index is -0.0928. The third-order valence-corrected chi connectivity index (χ3v) is 1.38. The molecular weight excluding hydrogens is 178 g/mol. The van der Waals surface area contributed by atoms with Crippen LogP contribution in [-0.2, 0) is 11.3 Å². The quantitative estimate of drug-likeness (QED) is 0.693. The zero-order valence-electron chi connectivity index (χ0n) is 6.54. The highest BCUT2D eigenvalue weighted by Gasteiger charge is 1.96.